The van der Waals surface area contributed by atoms with Crippen LogP contribution in [0.1, 0.15) is 50.2 Å². The SMILES string of the molecule is COc1ccc(-c2cc(F)c(C3CC3CCC(=O)O)c(F)c2)c2c1OC(C)(C)C2. The lowest BCUT2D eigenvalue weighted by Crippen LogP contribution is -2.24. The molecule has 4 nitrogen and oxygen atoms in total. The molecule has 1 fully saturated rings. The predicted molar refractivity (Wildman–Crippen MR) is 104 cm³/mol. The fourth-order valence-electron chi connectivity index (χ4n) is 4.39. The molecule has 2 aliphatic rings. The molecule has 0 radical (unpaired) electrons. The van der Waals surface area contributed by atoms with E-state index in [9.17, 15) is 13.6 Å². The molecule has 0 spiro atoms. The third kappa shape index (κ3) is 3.68. The van der Waals surface area contributed by atoms with Gasteiger partial charge < -0.3 is 14.6 Å². The highest BCUT2D eigenvalue weighted by Crippen LogP contribution is 2.52. The van der Waals surface area contributed by atoms with Crippen LogP contribution in [-0.2, 0) is 11.2 Å². The van der Waals surface area contributed by atoms with Gasteiger partial charge in [-0.2, -0.15) is 0 Å². The van der Waals surface area contributed by atoms with Crippen molar-refractivity contribution in [1.29, 1.82) is 0 Å². The van der Waals surface area contributed by atoms with Crippen molar-refractivity contribution in [3.05, 3.63) is 47.0 Å². The minimum absolute atomic E-state index is 0.0241. The van der Waals surface area contributed by atoms with E-state index in [-0.39, 0.29) is 23.8 Å². The Morgan fingerprint density at radius 1 is 1.28 bits per heavy atom. The van der Waals surface area contributed by atoms with Crippen LogP contribution in [-0.4, -0.2) is 23.8 Å². The molecule has 1 aliphatic carbocycles. The van der Waals surface area contributed by atoms with Gasteiger partial charge in [-0.3, -0.25) is 4.79 Å². The summed E-state index contributed by atoms with van der Waals surface area (Å²) in [7, 11) is 1.56. The first-order chi connectivity index (χ1) is 13.7. The molecule has 29 heavy (non-hydrogen) atoms. The summed E-state index contributed by atoms with van der Waals surface area (Å²) in [5, 5.41) is 8.80. The third-order valence-electron chi connectivity index (χ3n) is 5.84. The molecule has 0 amide bonds. The molecule has 2 aromatic carbocycles. The second-order valence-corrected chi connectivity index (χ2v) is 8.55. The Kier molecular flexibility index (Phi) is 4.75. The number of rotatable bonds is 6. The van der Waals surface area contributed by atoms with Gasteiger partial charge in [0.1, 0.15) is 17.2 Å². The van der Waals surface area contributed by atoms with Crippen LogP contribution >= 0.6 is 0 Å². The highest BCUT2D eigenvalue weighted by Gasteiger charge is 2.42. The molecule has 1 N–H and O–H groups in total. The summed E-state index contributed by atoms with van der Waals surface area (Å²) < 4.78 is 41.2. The smallest absolute Gasteiger partial charge is 0.303 e. The van der Waals surface area contributed by atoms with Gasteiger partial charge in [-0.25, -0.2) is 8.78 Å². The van der Waals surface area contributed by atoms with E-state index >= 15 is 0 Å². The number of benzene rings is 2. The van der Waals surface area contributed by atoms with E-state index in [1.165, 1.54) is 12.1 Å². The largest absolute Gasteiger partial charge is 0.493 e. The number of carboxylic acid groups (broad SMARTS) is 1. The first-order valence-corrected chi connectivity index (χ1v) is 9.80. The van der Waals surface area contributed by atoms with E-state index in [4.69, 9.17) is 14.6 Å². The molecule has 6 heteroatoms. The number of carbonyl (C=O) groups is 1. The van der Waals surface area contributed by atoms with Gasteiger partial charge in [-0.15, -0.1) is 0 Å². The van der Waals surface area contributed by atoms with Crippen molar-refractivity contribution in [2.45, 2.75) is 51.0 Å². The van der Waals surface area contributed by atoms with Crippen molar-refractivity contribution in [2.24, 2.45) is 5.92 Å². The fourth-order valence-corrected chi connectivity index (χ4v) is 4.39. The van der Waals surface area contributed by atoms with E-state index in [0.717, 1.165) is 11.1 Å². The third-order valence-corrected chi connectivity index (χ3v) is 5.84. The first kappa shape index (κ1) is 19.7. The van der Waals surface area contributed by atoms with Crippen LogP contribution in [0.2, 0.25) is 0 Å². The van der Waals surface area contributed by atoms with Gasteiger partial charge in [0.25, 0.3) is 0 Å². The quantitative estimate of drug-likeness (QED) is 0.710. The Bertz CT molecular complexity index is 960. The molecule has 4 rings (SSSR count). The summed E-state index contributed by atoms with van der Waals surface area (Å²) in [6, 6.07) is 6.31. The van der Waals surface area contributed by atoms with Gasteiger partial charge in [0.15, 0.2) is 11.5 Å². The predicted octanol–water partition coefficient (Wildman–Crippen LogP) is 5.32. The minimum Gasteiger partial charge on any atom is -0.493 e. The van der Waals surface area contributed by atoms with Crippen LogP contribution in [0.25, 0.3) is 11.1 Å². The minimum atomic E-state index is -0.884. The van der Waals surface area contributed by atoms with Crippen LogP contribution in [0.3, 0.4) is 0 Å². The molecule has 2 atom stereocenters. The number of methoxy groups -OCH3 is 1. The molecular formula is C23H24F2O4. The summed E-state index contributed by atoms with van der Waals surface area (Å²) in [6.07, 6.45) is 1.70. The zero-order chi connectivity index (χ0) is 20.9. The maximum Gasteiger partial charge on any atom is 0.303 e. The molecule has 2 aromatic rings. The van der Waals surface area contributed by atoms with Crippen molar-refractivity contribution in [2.75, 3.05) is 7.11 Å². The Balaban J connectivity index is 1.67. The standard InChI is InChI=1S/C23H24F2O4/c1-23(2)11-16-14(5-6-19(28-3)22(16)29-23)13-9-17(24)21(18(25)10-13)15-8-12(15)4-7-20(26)27/h5-6,9-10,12,15H,4,7-8,11H2,1-3H3,(H,26,27). The van der Waals surface area contributed by atoms with E-state index in [1.807, 2.05) is 19.9 Å². The molecular weight excluding hydrogens is 378 g/mol. The Labute approximate surface area is 168 Å². The van der Waals surface area contributed by atoms with Crippen LogP contribution < -0.4 is 9.47 Å². The molecule has 1 heterocycles. The number of hydrogen-bond donors (Lipinski definition) is 1. The van der Waals surface area contributed by atoms with Crippen LogP contribution in [0.4, 0.5) is 8.78 Å². The van der Waals surface area contributed by atoms with Crippen molar-refractivity contribution in [3.8, 4) is 22.6 Å². The monoisotopic (exact) mass is 402 g/mol. The number of ether oxygens (including phenoxy) is 2. The normalized spacial score (nSPS) is 21.4. The Hall–Kier alpha value is -2.63. The molecule has 1 saturated carbocycles. The highest BCUT2D eigenvalue weighted by atomic mass is 19.1. The van der Waals surface area contributed by atoms with Crippen LogP contribution in [0.15, 0.2) is 24.3 Å². The van der Waals surface area contributed by atoms with Crippen molar-refractivity contribution < 1.29 is 28.2 Å². The van der Waals surface area contributed by atoms with Gasteiger partial charge in [0.2, 0.25) is 0 Å². The topological polar surface area (TPSA) is 55.8 Å². The van der Waals surface area contributed by atoms with E-state index in [2.05, 4.69) is 0 Å². The zero-order valence-electron chi connectivity index (χ0n) is 16.7. The number of halogens is 2. The van der Waals surface area contributed by atoms with Crippen molar-refractivity contribution >= 4 is 5.97 Å². The molecule has 1 aliphatic heterocycles. The molecule has 154 valence electrons. The van der Waals surface area contributed by atoms with Gasteiger partial charge in [-0.05, 0) is 67.9 Å². The Morgan fingerprint density at radius 2 is 1.97 bits per heavy atom. The second kappa shape index (κ2) is 7.01. The maximum absolute atomic E-state index is 14.9. The van der Waals surface area contributed by atoms with E-state index < -0.39 is 23.2 Å². The van der Waals surface area contributed by atoms with Crippen molar-refractivity contribution in [3.63, 3.8) is 0 Å². The molecule has 2 unspecified atom stereocenters. The molecule has 0 bridgehead atoms. The highest BCUT2D eigenvalue weighted by molar-refractivity contribution is 5.74. The number of hydrogen-bond acceptors (Lipinski definition) is 3. The van der Waals surface area contributed by atoms with Gasteiger partial charge in [-0.1, -0.05) is 6.07 Å². The van der Waals surface area contributed by atoms with Crippen LogP contribution in [0, 0.1) is 17.6 Å². The van der Waals surface area contributed by atoms with E-state index in [0.29, 0.717) is 36.3 Å². The fraction of sp³-hybridized carbons (Fsp3) is 0.435. The second-order valence-electron chi connectivity index (χ2n) is 8.55. The average molecular weight is 402 g/mol. The summed E-state index contributed by atoms with van der Waals surface area (Å²) in [5.74, 6) is -1.03. The number of fused-ring (bicyclic) bond motifs is 1. The molecule has 0 aromatic heterocycles. The lowest BCUT2D eigenvalue weighted by molar-refractivity contribution is -0.137. The maximum atomic E-state index is 14.9. The van der Waals surface area contributed by atoms with E-state index in [1.54, 1.807) is 13.2 Å². The summed E-state index contributed by atoms with van der Waals surface area (Å²) in [6.45, 7) is 3.93. The zero-order valence-corrected chi connectivity index (χ0v) is 16.7. The summed E-state index contributed by atoms with van der Waals surface area (Å²) in [4.78, 5) is 10.7. The number of aliphatic carboxylic acids is 1. The average Bonchev–Trinajstić information content (AvgIpc) is 3.31. The lowest BCUT2D eigenvalue weighted by Gasteiger charge is -2.17. The van der Waals surface area contributed by atoms with Gasteiger partial charge >= 0.3 is 5.97 Å². The summed E-state index contributed by atoms with van der Waals surface area (Å²) >= 11 is 0. The lowest BCUT2D eigenvalue weighted by atomic mass is 9.92. The van der Waals surface area contributed by atoms with Gasteiger partial charge in [0.05, 0.1) is 7.11 Å². The molecule has 0 saturated heterocycles. The summed E-state index contributed by atoms with van der Waals surface area (Å²) in [5.41, 5.74) is 1.73. The van der Waals surface area contributed by atoms with Crippen molar-refractivity contribution in [1.82, 2.24) is 0 Å². The van der Waals surface area contributed by atoms with Crippen LogP contribution in [0.5, 0.6) is 11.5 Å². The Morgan fingerprint density at radius 3 is 2.59 bits per heavy atom. The number of carboxylic acids is 1. The van der Waals surface area contributed by atoms with Gasteiger partial charge in [0, 0.05) is 24.0 Å². The first-order valence-electron chi connectivity index (χ1n) is 9.80.